The van der Waals surface area contributed by atoms with E-state index in [1.165, 1.54) is 18.2 Å². The fourth-order valence-electron chi connectivity index (χ4n) is 2.04. The molecule has 1 aromatic carbocycles. The van der Waals surface area contributed by atoms with Crippen molar-refractivity contribution in [2.75, 3.05) is 11.5 Å². The molecule has 0 amide bonds. The molecule has 0 atom stereocenters. The van der Waals surface area contributed by atoms with Gasteiger partial charge in [-0.3, -0.25) is 0 Å². The number of nitrogens with two attached hydrogens (primary N) is 1. The van der Waals surface area contributed by atoms with Crippen LogP contribution in [0, 0.1) is 5.92 Å². The molecule has 21 heavy (non-hydrogen) atoms. The average molecular weight is 311 g/mol. The number of hydrogen-bond donors (Lipinski definition) is 2. The predicted molar refractivity (Wildman–Crippen MR) is 79.7 cm³/mol. The van der Waals surface area contributed by atoms with Gasteiger partial charge in [0, 0.05) is 0 Å². The summed E-state index contributed by atoms with van der Waals surface area (Å²) in [5.41, 5.74) is 5.89. The first-order valence-corrected chi connectivity index (χ1v) is 8.08. The summed E-state index contributed by atoms with van der Waals surface area (Å²) in [5.74, 6) is -1.24. The SMILES string of the molecule is CC(C)CCS(=O)(=O)n1c(N)nc2c(C(=O)O)cccc21. The van der Waals surface area contributed by atoms with E-state index in [0.29, 0.717) is 6.42 Å². The molecule has 3 N–H and O–H groups in total. The summed E-state index contributed by atoms with van der Waals surface area (Å²) in [5, 5.41) is 9.12. The second-order valence-electron chi connectivity index (χ2n) is 5.21. The summed E-state index contributed by atoms with van der Waals surface area (Å²) in [4.78, 5) is 15.1. The molecule has 0 unspecified atom stereocenters. The molecule has 0 bridgehead atoms. The van der Waals surface area contributed by atoms with Crippen LogP contribution in [-0.4, -0.2) is 34.2 Å². The van der Waals surface area contributed by atoms with Crippen molar-refractivity contribution in [1.29, 1.82) is 0 Å². The van der Waals surface area contributed by atoms with E-state index >= 15 is 0 Å². The largest absolute Gasteiger partial charge is 0.478 e. The molecule has 0 aliphatic carbocycles. The van der Waals surface area contributed by atoms with Gasteiger partial charge in [-0.15, -0.1) is 0 Å². The molecule has 0 spiro atoms. The van der Waals surface area contributed by atoms with Gasteiger partial charge in [0.1, 0.15) is 5.52 Å². The minimum absolute atomic E-state index is 0.0718. The van der Waals surface area contributed by atoms with Gasteiger partial charge in [0.05, 0.1) is 16.8 Å². The summed E-state index contributed by atoms with van der Waals surface area (Å²) >= 11 is 0. The monoisotopic (exact) mass is 311 g/mol. The minimum Gasteiger partial charge on any atom is -0.478 e. The molecule has 0 saturated carbocycles. The minimum atomic E-state index is -3.68. The third-order valence-corrected chi connectivity index (χ3v) is 4.82. The molecule has 1 heterocycles. The number of nitrogen functional groups attached to an aromatic ring is 1. The first-order chi connectivity index (χ1) is 9.74. The Balaban J connectivity index is 2.63. The smallest absolute Gasteiger partial charge is 0.337 e. The maximum atomic E-state index is 12.4. The van der Waals surface area contributed by atoms with Gasteiger partial charge in [0.2, 0.25) is 16.0 Å². The maximum Gasteiger partial charge on any atom is 0.337 e. The summed E-state index contributed by atoms with van der Waals surface area (Å²) in [6, 6.07) is 4.33. The molecule has 0 aliphatic rings. The number of aromatic nitrogens is 2. The number of anilines is 1. The third kappa shape index (κ3) is 2.85. The van der Waals surface area contributed by atoms with Crippen LogP contribution in [0.3, 0.4) is 0 Å². The van der Waals surface area contributed by atoms with Crippen LogP contribution in [-0.2, 0) is 10.0 Å². The number of carbonyl (C=O) groups is 1. The lowest BCUT2D eigenvalue weighted by molar-refractivity contribution is 0.0699. The Morgan fingerprint density at radius 3 is 2.67 bits per heavy atom. The Bertz CT molecular complexity index is 793. The summed E-state index contributed by atoms with van der Waals surface area (Å²) in [7, 11) is -3.68. The molecular formula is C13H17N3O4S. The van der Waals surface area contributed by atoms with Crippen molar-refractivity contribution in [3.63, 3.8) is 0 Å². The highest BCUT2D eigenvalue weighted by molar-refractivity contribution is 7.90. The van der Waals surface area contributed by atoms with Crippen molar-refractivity contribution in [3.8, 4) is 0 Å². The van der Waals surface area contributed by atoms with Crippen LogP contribution in [0.2, 0.25) is 0 Å². The molecule has 0 aliphatic heterocycles. The number of carboxylic acid groups (broad SMARTS) is 1. The molecule has 0 saturated heterocycles. The van der Waals surface area contributed by atoms with Crippen molar-refractivity contribution in [2.24, 2.45) is 5.92 Å². The third-order valence-electron chi connectivity index (χ3n) is 3.13. The van der Waals surface area contributed by atoms with E-state index in [4.69, 9.17) is 10.8 Å². The lowest BCUT2D eigenvalue weighted by Crippen LogP contribution is -2.19. The fraction of sp³-hybridized carbons (Fsp3) is 0.385. The predicted octanol–water partition coefficient (Wildman–Crippen LogP) is 1.54. The number of rotatable bonds is 5. The molecule has 114 valence electrons. The van der Waals surface area contributed by atoms with E-state index in [1.54, 1.807) is 0 Å². The lowest BCUT2D eigenvalue weighted by Gasteiger charge is -2.09. The quantitative estimate of drug-likeness (QED) is 0.865. The van der Waals surface area contributed by atoms with Gasteiger partial charge in [-0.1, -0.05) is 19.9 Å². The normalized spacial score (nSPS) is 12.1. The number of para-hydroxylation sites is 1. The van der Waals surface area contributed by atoms with E-state index in [0.717, 1.165) is 3.97 Å². The van der Waals surface area contributed by atoms with Crippen molar-refractivity contribution >= 4 is 33.0 Å². The number of imidazole rings is 1. The van der Waals surface area contributed by atoms with Crippen LogP contribution in [0.1, 0.15) is 30.6 Å². The van der Waals surface area contributed by atoms with Crippen LogP contribution in [0.15, 0.2) is 18.2 Å². The number of hydrogen-bond acceptors (Lipinski definition) is 5. The Morgan fingerprint density at radius 2 is 2.10 bits per heavy atom. The summed E-state index contributed by atoms with van der Waals surface area (Å²) in [6.07, 6.45) is 0.486. The fourth-order valence-corrected chi connectivity index (χ4v) is 3.76. The van der Waals surface area contributed by atoms with E-state index in [9.17, 15) is 13.2 Å². The van der Waals surface area contributed by atoms with Gasteiger partial charge in [0.15, 0.2) is 0 Å². The molecule has 0 radical (unpaired) electrons. The number of benzene rings is 1. The van der Waals surface area contributed by atoms with Gasteiger partial charge in [0.25, 0.3) is 0 Å². The zero-order valence-electron chi connectivity index (χ0n) is 11.8. The number of fused-ring (bicyclic) bond motifs is 1. The second kappa shape index (κ2) is 5.36. The highest BCUT2D eigenvalue weighted by atomic mass is 32.2. The van der Waals surface area contributed by atoms with Crippen molar-refractivity contribution in [2.45, 2.75) is 20.3 Å². The lowest BCUT2D eigenvalue weighted by atomic mass is 10.2. The summed E-state index contributed by atoms with van der Waals surface area (Å²) < 4.78 is 25.7. The van der Waals surface area contributed by atoms with E-state index in [2.05, 4.69) is 4.98 Å². The van der Waals surface area contributed by atoms with Gasteiger partial charge < -0.3 is 10.8 Å². The van der Waals surface area contributed by atoms with Crippen molar-refractivity contribution in [1.82, 2.24) is 8.96 Å². The molecule has 2 rings (SSSR count). The summed E-state index contributed by atoms with van der Waals surface area (Å²) in [6.45, 7) is 3.85. The highest BCUT2D eigenvalue weighted by Crippen LogP contribution is 2.24. The van der Waals surface area contributed by atoms with Gasteiger partial charge >= 0.3 is 5.97 Å². The van der Waals surface area contributed by atoms with Crippen molar-refractivity contribution in [3.05, 3.63) is 23.8 Å². The van der Waals surface area contributed by atoms with E-state index in [-0.39, 0.29) is 34.2 Å². The van der Waals surface area contributed by atoms with E-state index in [1.807, 2.05) is 13.8 Å². The van der Waals surface area contributed by atoms with Gasteiger partial charge in [-0.25, -0.2) is 22.2 Å². The van der Waals surface area contributed by atoms with Crippen LogP contribution in [0.5, 0.6) is 0 Å². The standard InChI is InChI=1S/C13H17N3O4S/c1-8(2)6-7-21(19,20)16-10-5-3-4-9(12(17)18)11(10)15-13(16)14/h3-5,8H,6-7H2,1-2H3,(H2,14,15)(H,17,18). The Kier molecular flexibility index (Phi) is 3.91. The number of nitrogens with zero attached hydrogens (tertiary/aromatic N) is 2. The zero-order chi connectivity index (χ0) is 15.8. The van der Waals surface area contributed by atoms with E-state index < -0.39 is 16.0 Å². The van der Waals surface area contributed by atoms with Gasteiger partial charge in [-0.2, -0.15) is 0 Å². The first kappa shape index (κ1) is 15.3. The molecule has 0 fully saturated rings. The zero-order valence-corrected chi connectivity index (χ0v) is 12.6. The molecular weight excluding hydrogens is 294 g/mol. The van der Waals surface area contributed by atoms with Crippen LogP contribution < -0.4 is 5.73 Å². The van der Waals surface area contributed by atoms with Crippen LogP contribution in [0.25, 0.3) is 11.0 Å². The van der Waals surface area contributed by atoms with Crippen molar-refractivity contribution < 1.29 is 18.3 Å². The second-order valence-corrected chi connectivity index (χ2v) is 7.15. The Morgan fingerprint density at radius 1 is 1.43 bits per heavy atom. The molecule has 7 nitrogen and oxygen atoms in total. The average Bonchev–Trinajstić information content (AvgIpc) is 2.72. The first-order valence-electron chi connectivity index (χ1n) is 6.47. The molecule has 2 aromatic rings. The number of carboxylic acids is 1. The molecule has 1 aromatic heterocycles. The Hall–Kier alpha value is -2.09. The molecule has 8 heteroatoms. The topological polar surface area (TPSA) is 115 Å². The van der Waals surface area contributed by atoms with Crippen LogP contribution in [0.4, 0.5) is 5.95 Å². The number of aromatic carboxylic acids is 1. The maximum absolute atomic E-state index is 12.4. The van der Waals surface area contributed by atoms with Crippen LogP contribution >= 0.6 is 0 Å². The Labute approximate surface area is 122 Å². The van der Waals surface area contributed by atoms with Gasteiger partial charge in [-0.05, 0) is 24.5 Å². The highest BCUT2D eigenvalue weighted by Gasteiger charge is 2.23.